The minimum Gasteiger partial charge on any atom is -0.495 e. The molecule has 20 heavy (non-hydrogen) atoms. The van der Waals surface area contributed by atoms with Crippen LogP contribution in [0.2, 0.25) is 0 Å². The van der Waals surface area contributed by atoms with Crippen LogP contribution in [0.3, 0.4) is 0 Å². The zero-order valence-corrected chi connectivity index (χ0v) is 12.3. The number of methoxy groups -OCH3 is 2. The molecule has 1 atom stereocenters. The Morgan fingerprint density at radius 3 is 2.50 bits per heavy atom. The number of rotatable bonds is 6. The number of hydrogen-bond acceptors (Lipinski definition) is 5. The third-order valence-corrected chi connectivity index (χ3v) is 3.63. The van der Waals surface area contributed by atoms with Crippen LogP contribution in [0.25, 0.3) is 0 Å². The van der Waals surface area contributed by atoms with Gasteiger partial charge in [-0.2, -0.15) is 0 Å². The van der Waals surface area contributed by atoms with Crippen molar-refractivity contribution in [2.24, 2.45) is 0 Å². The summed E-state index contributed by atoms with van der Waals surface area (Å²) < 4.78 is 10.4. The van der Waals surface area contributed by atoms with Gasteiger partial charge in [0.25, 0.3) is 0 Å². The minimum absolute atomic E-state index is 0.396. The quantitative estimate of drug-likeness (QED) is 0.836. The summed E-state index contributed by atoms with van der Waals surface area (Å²) in [6, 6.07) is 8.10. The molecule has 1 saturated heterocycles. The lowest BCUT2D eigenvalue weighted by Crippen LogP contribution is -2.49. The van der Waals surface area contributed by atoms with Gasteiger partial charge < -0.3 is 19.5 Å². The van der Waals surface area contributed by atoms with E-state index < -0.39 is 6.10 Å². The Balaban J connectivity index is 1.88. The van der Waals surface area contributed by atoms with Gasteiger partial charge in [-0.05, 0) is 12.1 Å². The standard InChI is InChI=1S/C15H24N2O3/c1-19-12-13(18)11-16-7-9-17(10-8-16)14-5-3-4-6-15(14)20-2/h3-6,13,18H,7-12H2,1-2H3. The van der Waals surface area contributed by atoms with E-state index in [2.05, 4.69) is 15.9 Å². The van der Waals surface area contributed by atoms with Gasteiger partial charge in [-0.15, -0.1) is 0 Å². The lowest BCUT2D eigenvalue weighted by Gasteiger charge is -2.37. The number of para-hydroxylation sites is 2. The molecule has 1 heterocycles. The number of hydrogen-bond donors (Lipinski definition) is 1. The Morgan fingerprint density at radius 1 is 1.15 bits per heavy atom. The highest BCUT2D eigenvalue weighted by molar-refractivity contribution is 5.58. The zero-order valence-electron chi connectivity index (χ0n) is 12.3. The van der Waals surface area contributed by atoms with Crippen molar-refractivity contribution in [1.29, 1.82) is 0 Å². The van der Waals surface area contributed by atoms with E-state index >= 15 is 0 Å². The predicted molar refractivity (Wildman–Crippen MR) is 79.5 cm³/mol. The van der Waals surface area contributed by atoms with Crippen LogP contribution >= 0.6 is 0 Å². The molecule has 0 aromatic heterocycles. The van der Waals surface area contributed by atoms with Crippen LogP contribution in [0.5, 0.6) is 5.75 Å². The summed E-state index contributed by atoms with van der Waals surface area (Å²) in [5.41, 5.74) is 1.15. The monoisotopic (exact) mass is 280 g/mol. The normalized spacial score (nSPS) is 18.1. The van der Waals surface area contributed by atoms with Crippen LogP contribution < -0.4 is 9.64 Å². The van der Waals surface area contributed by atoms with E-state index in [0.717, 1.165) is 37.6 Å². The van der Waals surface area contributed by atoms with E-state index in [1.54, 1.807) is 14.2 Å². The van der Waals surface area contributed by atoms with Gasteiger partial charge in [-0.1, -0.05) is 12.1 Å². The summed E-state index contributed by atoms with van der Waals surface area (Å²) in [5.74, 6) is 0.917. The number of ether oxygens (including phenoxy) is 2. The molecule has 0 saturated carbocycles. The zero-order chi connectivity index (χ0) is 14.4. The van der Waals surface area contributed by atoms with Gasteiger partial charge in [-0.3, -0.25) is 4.90 Å². The van der Waals surface area contributed by atoms with Crippen molar-refractivity contribution in [1.82, 2.24) is 4.90 Å². The molecule has 1 aliphatic heterocycles. The van der Waals surface area contributed by atoms with Gasteiger partial charge in [0.2, 0.25) is 0 Å². The van der Waals surface area contributed by atoms with Gasteiger partial charge in [-0.25, -0.2) is 0 Å². The minimum atomic E-state index is -0.405. The second-order valence-electron chi connectivity index (χ2n) is 5.07. The molecule has 0 radical (unpaired) electrons. The van der Waals surface area contributed by atoms with Crippen molar-refractivity contribution in [3.8, 4) is 5.75 Å². The molecule has 0 amide bonds. The molecular weight excluding hydrogens is 256 g/mol. The first-order valence-corrected chi connectivity index (χ1v) is 7.02. The van der Waals surface area contributed by atoms with E-state index in [0.29, 0.717) is 13.2 Å². The molecule has 1 aliphatic rings. The lowest BCUT2D eigenvalue weighted by molar-refractivity contribution is 0.0365. The highest BCUT2D eigenvalue weighted by Gasteiger charge is 2.20. The van der Waals surface area contributed by atoms with Gasteiger partial charge in [0.1, 0.15) is 5.75 Å². The molecule has 0 bridgehead atoms. The molecule has 112 valence electrons. The van der Waals surface area contributed by atoms with Gasteiger partial charge in [0.15, 0.2) is 0 Å². The molecule has 1 aromatic rings. The van der Waals surface area contributed by atoms with Crippen LogP contribution in [-0.2, 0) is 4.74 Å². The Labute approximate surface area is 120 Å². The molecular formula is C15H24N2O3. The number of benzene rings is 1. The summed E-state index contributed by atoms with van der Waals surface area (Å²) in [7, 11) is 3.32. The van der Waals surface area contributed by atoms with Gasteiger partial charge in [0.05, 0.1) is 25.5 Å². The third kappa shape index (κ3) is 3.85. The number of nitrogens with zero attached hydrogens (tertiary/aromatic N) is 2. The highest BCUT2D eigenvalue weighted by Crippen LogP contribution is 2.28. The van der Waals surface area contributed by atoms with Crippen molar-refractivity contribution in [3.05, 3.63) is 24.3 Å². The lowest BCUT2D eigenvalue weighted by atomic mass is 10.2. The maximum absolute atomic E-state index is 9.77. The first-order valence-electron chi connectivity index (χ1n) is 7.02. The van der Waals surface area contributed by atoms with Crippen LogP contribution in [0, 0.1) is 0 Å². The van der Waals surface area contributed by atoms with E-state index in [-0.39, 0.29) is 0 Å². The molecule has 1 aromatic carbocycles. The molecule has 1 unspecified atom stereocenters. The number of anilines is 1. The van der Waals surface area contributed by atoms with E-state index in [4.69, 9.17) is 9.47 Å². The van der Waals surface area contributed by atoms with E-state index in [1.165, 1.54) is 0 Å². The van der Waals surface area contributed by atoms with Crippen LogP contribution in [0.1, 0.15) is 0 Å². The number of piperazine rings is 1. The third-order valence-electron chi connectivity index (χ3n) is 3.63. The molecule has 5 nitrogen and oxygen atoms in total. The number of aliphatic hydroxyl groups excluding tert-OH is 1. The summed E-state index contributed by atoms with van der Waals surface area (Å²) in [6.07, 6.45) is -0.405. The fourth-order valence-electron chi connectivity index (χ4n) is 2.61. The van der Waals surface area contributed by atoms with Crippen LogP contribution in [0.4, 0.5) is 5.69 Å². The van der Waals surface area contributed by atoms with Crippen molar-refractivity contribution in [2.45, 2.75) is 6.10 Å². The molecule has 0 aliphatic carbocycles. The second kappa shape index (κ2) is 7.47. The summed E-state index contributed by atoms with van der Waals surface area (Å²) in [4.78, 5) is 4.60. The maximum atomic E-state index is 9.77. The molecule has 1 N–H and O–H groups in total. The topological polar surface area (TPSA) is 45.2 Å². The first-order chi connectivity index (χ1) is 9.74. The van der Waals surface area contributed by atoms with Gasteiger partial charge in [0, 0.05) is 39.8 Å². The average Bonchev–Trinajstić information content (AvgIpc) is 2.48. The number of aliphatic hydroxyl groups is 1. The maximum Gasteiger partial charge on any atom is 0.142 e. The molecule has 2 rings (SSSR count). The van der Waals surface area contributed by atoms with Crippen molar-refractivity contribution in [2.75, 3.05) is 58.5 Å². The largest absolute Gasteiger partial charge is 0.495 e. The van der Waals surface area contributed by atoms with Crippen molar-refractivity contribution >= 4 is 5.69 Å². The molecule has 5 heteroatoms. The van der Waals surface area contributed by atoms with Crippen molar-refractivity contribution in [3.63, 3.8) is 0 Å². The second-order valence-corrected chi connectivity index (χ2v) is 5.07. The molecule has 1 fully saturated rings. The first kappa shape index (κ1) is 15.1. The summed E-state index contributed by atoms with van der Waals surface area (Å²) in [5, 5.41) is 9.77. The molecule has 0 spiro atoms. The Hall–Kier alpha value is -1.30. The number of β-amino-alcohol motifs (C(OH)–C–C–N with tert-alkyl or cyclic N) is 1. The van der Waals surface area contributed by atoms with Crippen LogP contribution in [-0.4, -0.2) is 69.7 Å². The Kier molecular flexibility index (Phi) is 5.64. The highest BCUT2D eigenvalue weighted by atomic mass is 16.5. The Morgan fingerprint density at radius 2 is 1.85 bits per heavy atom. The summed E-state index contributed by atoms with van der Waals surface area (Å²) in [6.45, 7) is 4.85. The average molecular weight is 280 g/mol. The fourth-order valence-corrected chi connectivity index (χ4v) is 2.61. The Bertz CT molecular complexity index is 406. The SMILES string of the molecule is COCC(O)CN1CCN(c2ccccc2OC)CC1. The van der Waals surface area contributed by atoms with Crippen molar-refractivity contribution < 1.29 is 14.6 Å². The summed E-state index contributed by atoms with van der Waals surface area (Å²) >= 11 is 0. The fraction of sp³-hybridized carbons (Fsp3) is 0.600. The van der Waals surface area contributed by atoms with E-state index in [1.807, 2.05) is 18.2 Å². The smallest absolute Gasteiger partial charge is 0.142 e. The predicted octanol–water partition coefficient (Wildman–Crippen LogP) is 0.824. The van der Waals surface area contributed by atoms with Gasteiger partial charge >= 0.3 is 0 Å². The van der Waals surface area contributed by atoms with E-state index in [9.17, 15) is 5.11 Å². The van der Waals surface area contributed by atoms with Crippen LogP contribution in [0.15, 0.2) is 24.3 Å².